The van der Waals surface area contributed by atoms with Crippen LogP contribution in [0.25, 0.3) is 0 Å². The van der Waals surface area contributed by atoms with Crippen LogP contribution in [0.4, 0.5) is 4.39 Å². The van der Waals surface area contributed by atoms with E-state index in [-0.39, 0.29) is 11.7 Å². The molecule has 1 aromatic carbocycles. The van der Waals surface area contributed by atoms with Gasteiger partial charge in [0, 0.05) is 6.54 Å². The number of amides is 1. The predicted molar refractivity (Wildman–Crippen MR) is 74.1 cm³/mol. The van der Waals surface area contributed by atoms with E-state index in [0.717, 1.165) is 11.3 Å². The molecule has 0 bridgehead atoms. The highest BCUT2D eigenvalue weighted by molar-refractivity contribution is 7.98. The first kappa shape index (κ1) is 15.0. The minimum Gasteiger partial charge on any atom is -0.354 e. The summed E-state index contributed by atoms with van der Waals surface area (Å²) < 4.78 is 12.9. The minimum atomic E-state index is -0.454. The smallest absolute Gasteiger partial charge is 0.236 e. The topological polar surface area (TPSA) is 55.1 Å². The Morgan fingerprint density at radius 2 is 2.33 bits per heavy atom. The molecule has 0 fully saturated rings. The second kappa shape index (κ2) is 8.11. The van der Waals surface area contributed by atoms with Gasteiger partial charge < -0.3 is 11.1 Å². The molecule has 0 spiro atoms. The number of carbonyl (C=O) groups is 1. The first-order valence-electron chi connectivity index (χ1n) is 5.90. The van der Waals surface area contributed by atoms with Crippen LogP contribution < -0.4 is 11.1 Å². The fourth-order valence-corrected chi connectivity index (χ4v) is 2.02. The number of halogens is 1. The van der Waals surface area contributed by atoms with E-state index in [0.29, 0.717) is 19.4 Å². The molecule has 0 radical (unpaired) electrons. The van der Waals surface area contributed by atoms with Gasteiger partial charge in [-0.2, -0.15) is 11.8 Å². The average molecular weight is 270 g/mol. The van der Waals surface area contributed by atoms with Crippen molar-refractivity contribution in [2.75, 3.05) is 18.6 Å². The normalized spacial score (nSPS) is 12.2. The molecule has 0 unspecified atom stereocenters. The van der Waals surface area contributed by atoms with Gasteiger partial charge in [0.25, 0.3) is 0 Å². The summed E-state index contributed by atoms with van der Waals surface area (Å²) in [5.74, 6) is 0.481. The van der Waals surface area contributed by atoms with Crippen molar-refractivity contribution in [3.05, 3.63) is 35.6 Å². The maximum atomic E-state index is 12.9. The van der Waals surface area contributed by atoms with E-state index in [1.54, 1.807) is 17.8 Å². The molecular weight excluding hydrogens is 251 g/mol. The van der Waals surface area contributed by atoms with Crippen molar-refractivity contribution < 1.29 is 9.18 Å². The molecule has 1 amide bonds. The van der Waals surface area contributed by atoms with Gasteiger partial charge in [-0.1, -0.05) is 12.1 Å². The zero-order chi connectivity index (χ0) is 13.4. The van der Waals surface area contributed by atoms with E-state index in [4.69, 9.17) is 5.73 Å². The van der Waals surface area contributed by atoms with Crippen LogP contribution in [0.1, 0.15) is 12.0 Å². The van der Waals surface area contributed by atoms with Gasteiger partial charge in [0.05, 0.1) is 6.04 Å². The molecule has 0 aliphatic heterocycles. The Bertz CT molecular complexity index is 387. The van der Waals surface area contributed by atoms with Crippen LogP contribution in [0, 0.1) is 5.82 Å². The number of carbonyl (C=O) groups excluding carboxylic acids is 1. The van der Waals surface area contributed by atoms with Crippen LogP contribution in [-0.4, -0.2) is 30.5 Å². The number of rotatable bonds is 7. The van der Waals surface area contributed by atoms with E-state index in [1.807, 2.05) is 12.3 Å². The lowest BCUT2D eigenvalue weighted by atomic mass is 10.1. The van der Waals surface area contributed by atoms with E-state index >= 15 is 0 Å². The first-order chi connectivity index (χ1) is 8.63. The molecule has 18 heavy (non-hydrogen) atoms. The Hall–Kier alpha value is -1.07. The third-order valence-electron chi connectivity index (χ3n) is 2.57. The summed E-state index contributed by atoms with van der Waals surface area (Å²) in [4.78, 5) is 11.6. The van der Waals surface area contributed by atoms with Crippen molar-refractivity contribution in [2.45, 2.75) is 18.9 Å². The van der Waals surface area contributed by atoms with Crippen LogP contribution in [0.3, 0.4) is 0 Å². The molecule has 0 aliphatic carbocycles. The number of nitrogens with two attached hydrogens (primary N) is 1. The van der Waals surface area contributed by atoms with Gasteiger partial charge in [-0.15, -0.1) is 0 Å². The second-order valence-electron chi connectivity index (χ2n) is 4.06. The molecule has 0 aliphatic rings. The van der Waals surface area contributed by atoms with E-state index < -0.39 is 6.04 Å². The first-order valence-corrected chi connectivity index (χ1v) is 7.29. The Morgan fingerprint density at radius 1 is 1.56 bits per heavy atom. The lowest BCUT2D eigenvalue weighted by molar-refractivity contribution is -0.122. The fraction of sp³-hybridized carbons (Fsp3) is 0.462. The van der Waals surface area contributed by atoms with Crippen LogP contribution in [-0.2, 0) is 11.2 Å². The summed E-state index contributed by atoms with van der Waals surface area (Å²) in [7, 11) is 0. The summed E-state index contributed by atoms with van der Waals surface area (Å²) in [6.07, 6.45) is 3.26. The SMILES string of the molecule is CSCC[C@@H](N)C(=O)NCCc1cccc(F)c1. The summed E-state index contributed by atoms with van der Waals surface area (Å²) in [6.45, 7) is 0.481. The lowest BCUT2D eigenvalue weighted by Crippen LogP contribution is -2.41. The van der Waals surface area contributed by atoms with Crippen LogP contribution in [0.15, 0.2) is 24.3 Å². The van der Waals surface area contributed by atoms with E-state index in [1.165, 1.54) is 12.1 Å². The molecule has 0 saturated carbocycles. The number of nitrogens with one attached hydrogen (secondary N) is 1. The minimum absolute atomic E-state index is 0.138. The van der Waals surface area contributed by atoms with Crippen molar-refractivity contribution >= 4 is 17.7 Å². The standard InChI is InChI=1S/C13H19FN2OS/c1-18-8-6-12(15)13(17)16-7-5-10-3-2-4-11(14)9-10/h2-4,9,12H,5-8,15H2,1H3,(H,16,17)/t12-/m1/s1. The van der Waals surface area contributed by atoms with Crippen LogP contribution >= 0.6 is 11.8 Å². The highest BCUT2D eigenvalue weighted by Crippen LogP contribution is 2.03. The van der Waals surface area contributed by atoms with Crippen LogP contribution in [0.5, 0.6) is 0 Å². The van der Waals surface area contributed by atoms with Crippen molar-refractivity contribution in [1.82, 2.24) is 5.32 Å². The fourth-order valence-electron chi connectivity index (χ4n) is 1.53. The zero-order valence-corrected chi connectivity index (χ0v) is 11.3. The molecule has 0 saturated heterocycles. The number of benzene rings is 1. The maximum Gasteiger partial charge on any atom is 0.236 e. The monoisotopic (exact) mass is 270 g/mol. The molecule has 5 heteroatoms. The molecule has 100 valence electrons. The Balaban J connectivity index is 2.27. The Morgan fingerprint density at radius 3 is 3.00 bits per heavy atom. The van der Waals surface area contributed by atoms with E-state index in [9.17, 15) is 9.18 Å². The number of hydrogen-bond donors (Lipinski definition) is 2. The average Bonchev–Trinajstić information content (AvgIpc) is 2.35. The lowest BCUT2D eigenvalue weighted by Gasteiger charge is -2.11. The van der Waals surface area contributed by atoms with E-state index in [2.05, 4.69) is 5.32 Å². The Labute approximate surface area is 111 Å². The summed E-state index contributed by atoms with van der Waals surface area (Å²) in [5.41, 5.74) is 6.59. The third-order valence-corrected chi connectivity index (χ3v) is 3.22. The van der Waals surface area contributed by atoms with Crippen molar-refractivity contribution in [3.8, 4) is 0 Å². The van der Waals surface area contributed by atoms with Crippen molar-refractivity contribution in [3.63, 3.8) is 0 Å². The van der Waals surface area contributed by atoms with Gasteiger partial charge in [-0.25, -0.2) is 4.39 Å². The maximum absolute atomic E-state index is 12.9. The predicted octanol–water partition coefficient (Wildman–Crippen LogP) is 1.56. The van der Waals surface area contributed by atoms with Gasteiger partial charge in [-0.05, 0) is 42.5 Å². The quantitative estimate of drug-likeness (QED) is 0.790. The van der Waals surface area contributed by atoms with Crippen molar-refractivity contribution in [1.29, 1.82) is 0 Å². The summed E-state index contributed by atoms with van der Waals surface area (Å²) in [6, 6.07) is 5.92. The zero-order valence-electron chi connectivity index (χ0n) is 10.5. The second-order valence-corrected chi connectivity index (χ2v) is 5.04. The Kier molecular flexibility index (Phi) is 6.75. The molecule has 0 aromatic heterocycles. The molecule has 1 rings (SSSR count). The molecular formula is C13H19FN2OS. The molecule has 0 heterocycles. The molecule has 1 aromatic rings. The molecule has 1 atom stereocenters. The number of thioether (sulfide) groups is 1. The van der Waals surface area contributed by atoms with Crippen molar-refractivity contribution in [2.24, 2.45) is 5.73 Å². The van der Waals surface area contributed by atoms with Gasteiger partial charge >= 0.3 is 0 Å². The highest BCUT2D eigenvalue weighted by Gasteiger charge is 2.11. The third kappa shape index (κ3) is 5.51. The highest BCUT2D eigenvalue weighted by atomic mass is 32.2. The number of hydrogen-bond acceptors (Lipinski definition) is 3. The van der Waals surface area contributed by atoms with Gasteiger partial charge in [-0.3, -0.25) is 4.79 Å². The summed E-state index contributed by atoms with van der Waals surface area (Å²) >= 11 is 1.67. The van der Waals surface area contributed by atoms with Gasteiger partial charge in [0.2, 0.25) is 5.91 Å². The molecule has 3 nitrogen and oxygen atoms in total. The van der Waals surface area contributed by atoms with Gasteiger partial charge in [0.15, 0.2) is 0 Å². The largest absolute Gasteiger partial charge is 0.354 e. The summed E-state index contributed by atoms with van der Waals surface area (Å²) in [5, 5.41) is 2.76. The van der Waals surface area contributed by atoms with Gasteiger partial charge in [0.1, 0.15) is 5.82 Å². The van der Waals surface area contributed by atoms with Crippen LogP contribution in [0.2, 0.25) is 0 Å². The molecule has 3 N–H and O–H groups in total.